The van der Waals surface area contributed by atoms with E-state index in [0.717, 1.165) is 12.1 Å². The first-order chi connectivity index (χ1) is 8.36. The molecule has 17 heavy (non-hydrogen) atoms. The molecule has 0 aliphatic heterocycles. The number of hydrogen-bond acceptors (Lipinski definition) is 3. The summed E-state index contributed by atoms with van der Waals surface area (Å²) >= 11 is 0. The Morgan fingerprint density at radius 1 is 1.41 bits per heavy atom. The largest absolute Gasteiger partial charge is 0.271 e. The van der Waals surface area contributed by atoms with Gasteiger partial charge in [-0.1, -0.05) is 32.3 Å². The van der Waals surface area contributed by atoms with Gasteiger partial charge in [-0.05, 0) is 36.8 Å². The minimum atomic E-state index is 0.228. The van der Waals surface area contributed by atoms with Crippen molar-refractivity contribution in [3.8, 4) is 0 Å². The fraction of sp³-hybridized carbons (Fsp3) is 0.643. The number of rotatable bonds is 4. The average Bonchev–Trinajstić information content (AvgIpc) is 2.41. The van der Waals surface area contributed by atoms with Gasteiger partial charge >= 0.3 is 0 Å². The van der Waals surface area contributed by atoms with Crippen molar-refractivity contribution in [2.45, 2.75) is 51.5 Å². The second-order valence-electron chi connectivity index (χ2n) is 4.94. The summed E-state index contributed by atoms with van der Waals surface area (Å²) in [5.41, 5.74) is 5.48. The van der Waals surface area contributed by atoms with Gasteiger partial charge in [0.1, 0.15) is 0 Å². The van der Waals surface area contributed by atoms with E-state index in [9.17, 15) is 0 Å². The van der Waals surface area contributed by atoms with Crippen LogP contribution in [0.4, 0.5) is 0 Å². The minimum absolute atomic E-state index is 0.228. The number of hydrogen-bond donors (Lipinski definition) is 2. The van der Waals surface area contributed by atoms with Gasteiger partial charge in [-0.25, -0.2) is 0 Å². The van der Waals surface area contributed by atoms with Gasteiger partial charge in [-0.15, -0.1) is 0 Å². The normalized spacial score (nSPS) is 19.2. The second kappa shape index (κ2) is 6.12. The molecule has 1 unspecified atom stereocenters. The summed E-state index contributed by atoms with van der Waals surface area (Å²) in [4.78, 5) is 4.55. The molecule has 1 aromatic rings. The lowest BCUT2D eigenvalue weighted by Crippen LogP contribution is -2.35. The molecule has 0 amide bonds. The SMILES string of the molecule is CCc1cccnc1C(NN)C1CCCCC1. The summed E-state index contributed by atoms with van der Waals surface area (Å²) in [5, 5.41) is 0. The van der Waals surface area contributed by atoms with Gasteiger partial charge in [0, 0.05) is 6.20 Å². The van der Waals surface area contributed by atoms with Gasteiger partial charge in [-0.3, -0.25) is 16.3 Å². The van der Waals surface area contributed by atoms with E-state index in [-0.39, 0.29) is 6.04 Å². The second-order valence-corrected chi connectivity index (χ2v) is 4.94. The van der Waals surface area contributed by atoms with Crippen LogP contribution in [0.15, 0.2) is 18.3 Å². The zero-order valence-electron chi connectivity index (χ0n) is 10.7. The van der Waals surface area contributed by atoms with Crippen LogP contribution in [-0.2, 0) is 6.42 Å². The number of pyridine rings is 1. The van der Waals surface area contributed by atoms with Crippen LogP contribution in [0.1, 0.15) is 56.3 Å². The first kappa shape index (κ1) is 12.5. The molecule has 1 aromatic heterocycles. The molecule has 94 valence electrons. The van der Waals surface area contributed by atoms with Crippen LogP contribution >= 0.6 is 0 Å². The molecule has 0 spiro atoms. The highest BCUT2D eigenvalue weighted by Gasteiger charge is 2.26. The number of nitrogens with zero attached hydrogens (tertiary/aromatic N) is 1. The van der Waals surface area contributed by atoms with Crippen molar-refractivity contribution in [1.82, 2.24) is 10.4 Å². The van der Waals surface area contributed by atoms with Crippen molar-refractivity contribution in [2.24, 2.45) is 11.8 Å². The smallest absolute Gasteiger partial charge is 0.0663 e. The molecule has 0 bridgehead atoms. The third kappa shape index (κ3) is 2.85. The van der Waals surface area contributed by atoms with Crippen molar-refractivity contribution < 1.29 is 0 Å². The van der Waals surface area contributed by atoms with Gasteiger partial charge in [-0.2, -0.15) is 0 Å². The third-order valence-electron chi connectivity index (χ3n) is 3.90. The van der Waals surface area contributed by atoms with Crippen molar-refractivity contribution >= 4 is 0 Å². The van der Waals surface area contributed by atoms with Crippen molar-refractivity contribution in [2.75, 3.05) is 0 Å². The van der Waals surface area contributed by atoms with E-state index in [1.807, 2.05) is 12.3 Å². The molecule has 0 saturated heterocycles. The summed E-state index contributed by atoms with van der Waals surface area (Å²) in [6.45, 7) is 2.18. The summed E-state index contributed by atoms with van der Waals surface area (Å²) in [6.07, 6.45) is 9.48. The lowest BCUT2D eigenvalue weighted by Gasteiger charge is -2.30. The van der Waals surface area contributed by atoms with Crippen molar-refractivity contribution in [1.29, 1.82) is 0 Å². The molecule has 0 radical (unpaired) electrons. The maximum absolute atomic E-state index is 5.77. The van der Waals surface area contributed by atoms with Crippen LogP contribution in [0.2, 0.25) is 0 Å². The third-order valence-corrected chi connectivity index (χ3v) is 3.90. The number of nitrogens with one attached hydrogen (secondary N) is 1. The molecule has 1 fully saturated rings. The molecule has 3 heteroatoms. The first-order valence-electron chi connectivity index (χ1n) is 6.76. The zero-order chi connectivity index (χ0) is 12.1. The molecule has 0 aromatic carbocycles. The lowest BCUT2D eigenvalue weighted by atomic mass is 9.82. The van der Waals surface area contributed by atoms with Crippen LogP contribution in [0, 0.1) is 5.92 Å². The van der Waals surface area contributed by atoms with Crippen LogP contribution in [0.3, 0.4) is 0 Å². The van der Waals surface area contributed by atoms with E-state index < -0.39 is 0 Å². The molecule has 1 saturated carbocycles. The Balaban J connectivity index is 2.21. The standard InChI is InChI=1S/C14H23N3/c1-2-11-9-6-10-16-13(11)14(17-15)12-7-4-3-5-8-12/h6,9-10,12,14,17H,2-5,7-8,15H2,1H3. The van der Waals surface area contributed by atoms with Gasteiger partial charge in [0.15, 0.2) is 0 Å². The summed E-state index contributed by atoms with van der Waals surface area (Å²) < 4.78 is 0. The Morgan fingerprint density at radius 2 is 2.18 bits per heavy atom. The predicted molar refractivity (Wildman–Crippen MR) is 70.3 cm³/mol. The maximum atomic E-state index is 5.77. The van der Waals surface area contributed by atoms with Gasteiger partial charge < -0.3 is 0 Å². The number of aryl methyl sites for hydroxylation is 1. The lowest BCUT2D eigenvalue weighted by molar-refractivity contribution is 0.268. The molecule has 1 aliphatic carbocycles. The quantitative estimate of drug-likeness (QED) is 0.621. The summed E-state index contributed by atoms with van der Waals surface area (Å²) in [5.74, 6) is 6.42. The van der Waals surface area contributed by atoms with Crippen molar-refractivity contribution in [3.63, 3.8) is 0 Å². The van der Waals surface area contributed by atoms with Crippen LogP contribution < -0.4 is 11.3 Å². The highest BCUT2D eigenvalue weighted by atomic mass is 15.2. The monoisotopic (exact) mass is 233 g/mol. The Bertz CT molecular complexity index is 345. The Morgan fingerprint density at radius 3 is 2.82 bits per heavy atom. The molecule has 3 N–H and O–H groups in total. The van der Waals surface area contributed by atoms with Gasteiger partial charge in [0.25, 0.3) is 0 Å². The van der Waals surface area contributed by atoms with E-state index in [2.05, 4.69) is 23.4 Å². The molecule has 1 aliphatic rings. The van der Waals surface area contributed by atoms with Crippen LogP contribution in [-0.4, -0.2) is 4.98 Å². The number of nitrogens with two attached hydrogens (primary N) is 1. The van der Waals surface area contributed by atoms with Crippen molar-refractivity contribution in [3.05, 3.63) is 29.6 Å². The van der Waals surface area contributed by atoms with E-state index in [1.54, 1.807) is 0 Å². The predicted octanol–water partition coefficient (Wildman–Crippen LogP) is 2.73. The van der Waals surface area contributed by atoms with Gasteiger partial charge in [0.2, 0.25) is 0 Å². The van der Waals surface area contributed by atoms with Crippen LogP contribution in [0.25, 0.3) is 0 Å². The molecular formula is C14H23N3. The fourth-order valence-electron chi connectivity index (χ4n) is 2.94. The van der Waals surface area contributed by atoms with Crippen LogP contribution in [0.5, 0.6) is 0 Å². The number of hydrazine groups is 1. The van der Waals surface area contributed by atoms with Gasteiger partial charge in [0.05, 0.1) is 11.7 Å². The molecule has 2 rings (SSSR count). The molecule has 1 heterocycles. The summed E-state index contributed by atoms with van der Waals surface area (Å²) in [7, 11) is 0. The average molecular weight is 233 g/mol. The fourth-order valence-corrected chi connectivity index (χ4v) is 2.94. The van der Waals surface area contributed by atoms with E-state index >= 15 is 0 Å². The van der Waals surface area contributed by atoms with E-state index in [4.69, 9.17) is 5.84 Å². The highest BCUT2D eigenvalue weighted by molar-refractivity contribution is 5.23. The van der Waals surface area contributed by atoms with E-state index in [1.165, 1.54) is 37.7 Å². The zero-order valence-corrected chi connectivity index (χ0v) is 10.7. The number of aromatic nitrogens is 1. The Hall–Kier alpha value is -0.930. The molecular weight excluding hydrogens is 210 g/mol. The molecule has 1 atom stereocenters. The summed E-state index contributed by atoms with van der Waals surface area (Å²) in [6, 6.07) is 4.40. The molecule has 3 nitrogen and oxygen atoms in total. The first-order valence-corrected chi connectivity index (χ1v) is 6.76. The minimum Gasteiger partial charge on any atom is -0.271 e. The maximum Gasteiger partial charge on any atom is 0.0663 e. The highest BCUT2D eigenvalue weighted by Crippen LogP contribution is 2.34. The van der Waals surface area contributed by atoms with E-state index in [0.29, 0.717) is 5.92 Å². The Labute approximate surface area is 104 Å². The topological polar surface area (TPSA) is 50.9 Å². The Kier molecular flexibility index (Phi) is 4.51.